The molecule has 0 aliphatic carbocycles. The van der Waals surface area contributed by atoms with Crippen molar-refractivity contribution in [3.8, 4) is 0 Å². The summed E-state index contributed by atoms with van der Waals surface area (Å²) in [7, 11) is 0. The van der Waals surface area contributed by atoms with Gasteiger partial charge in [-0.15, -0.1) is 11.6 Å². The quantitative estimate of drug-likeness (QED) is 0.552. The summed E-state index contributed by atoms with van der Waals surface area (Å²) < 4.78 is 0. The van der Waals surface area contributed by atoms with E-state index in [1.807, 2.05) is 0 Å². The van der Waals surface area contributed by atoms with Crippen LogP contribution in [0.1, 0.15) is 32.3 Å². The van der Waals surface area contributed by atoms with Crippen molar-refractivity contribution in [1.29, 1.82) is 0 Å². The zero-order valence-corrected chi connectivity index (χ0v) is 11.1. The standard InChI is InChI=1S/C14H22ClN/c1-12(2)4-3-11-16-14-7-5-13(6-8-14)9-10-15/h5-8,12,16H,3-4,9-11H2,1-2H3. The number of aryl methyl sites for hydroxylation is 1. The molecule has 0 atom stereocenters. The van der Waals surface area contributed by atoms with Crippen molar-refractivity contribution in [3.05, 3.63) is 29.8 Å². The Morgan fingerprint density at radius 3 is 2.44 bits per heavy atom. The van der Waals surface area contributed by atoms with Crippen molar-refractivity contribution >= 4 is 17.3 Å². The van der Waals surface area contributed by atoms with Crippen LogP contribution in [0.2, 0.25) is 0 Å². The lowest BCUT2D eigenvalue weighted by Crippen LogP contribution is -2.03. The van der Waals surface area contributed by atoms with Crippen molar-refractivity contribution in [2.75, 3.05) is 17.7 Å². The highest BCUT2D eigenvalue weighted by Crippen LogP contribution is 2.11. The number of benzene rings is 1. The first-order valence-corrected chi connectivity index (χ1v) is 6.64. The van der Waals surface area contributed by atoms with E-state index >= 15 is 0 Å². The Morgan fingerprint density at radius 2 is 1.88 bits per heavy atom. The van der Waals surface area contributed by atoms with E-state index in [0.717, 1.165) is 18.9 Å². The van der Waals surface area contributed by atoms with Gasteiger partial charge in [-0.3, -0.25) is 0 Å². The molecule has 16 heavy (non-hydrogen) atoms. The second-order valence-corrected chi connectivity index (χ2v) is 4.98. The largest absolute Gasteiger partial charge is 0.385 e. The van der Waals surface area contributed by atoms with E-state index in [4.69, 9.17) is 11.6 Å². The van der Waals surface area contributed by atoms with Gasteiger partial charge in [-0.1, -0.05) is 26.0 Å². The summed E-state index contributed by atoms with van der Waals surface area (Å²) in [6, 6.07) is 8.56. The van der Waals surface area contributed by atoms with Gasteiger partial charge in [0.15, 0.2) is 0 Å². The van der Waals surface area contributed by atoms with Gasteiger partial charge in [0.1, 0.15) is 0 Å². The zero-order valence-electron chi connectivity index (χ0n) is 10.3. The molecule has 2 heteroatoms. The van der Waals surface area contributed by atoms with Crippen LogP contribution in [-0.4, -0.2) is 12.4 Å². The minimum Gasteiger partial charge on any atom is -0.385 e. The van der Waals surface area contributed by atoms with Gasteiger partial charge in [-0.2, -0.15) is 0 Å². The summed E-state index contributed by atoms with van der Waals surface area (Å²) in [6.45, 7) is 5.59. The second kappa shape index (κ2) is 7.56. The molecule has 0 radical (unpaired) electrons. The van der Waals surface area contributed by atoms with Crippen LogP contribution in [0, 0.1) is 5.92 Å². The maximum Gasteiger partial charge on any atom is 0.0340 e. The molecule has 0 bridgehead atoms. The Kier molecular flexibility index (Phi) is 6.32. The SMILES string of the molecule is CC(C)CCCNc1ccc(CCCl)cc1. The topological polar surface area (TPSA) is 12.0 Å². The first-order valence-electron chi connectivity index (χ1n) is 6.11. The van der Waals surface area contributed by atoms with Crippen molar-refractivity contribution < 1.29 is 0 Å². The lowest BCUT2D eigenvalue weighted by atomic mass is 10.1. The number of alkyl halides is 1. The van der Waals surface area contributed by atoms with Gasteiger partial charge < -0.3 is 5.32 Å². The molecule has 0 aliphatic heterocycles. The van der Waals surface area contributed by atoms with Gasteiger partial charge in [0.25, 0.3) is 0 Å². The third-order valence-corrected chi connectivity index (χ3v) is 2.81. The van der Waals surface area contributed by atoms with Gasteiger partial charge in [0.2, 0.25) is 0 Å². The van der Waals surface area contributed by atoms with Crippen LogP contribution < -0.4 is 5.32 Å². The number of halogens is 1. The lowest BCUT2D eigenvalue weighted by Gasteiger charge is -2.08. The number of anilines is 1. The summed E-state index contributed by atoms with van der Waals surface area (Å²) >= 11 is 5.69. The van der Waals surface area contributed by atoms with Crippen molar-refractivity contribution in [1.82, 2.24) is 0 Å². The first kappa shape index (κ1) is 13.4. The molecule has 1 rings (SSSR count). The Bertz CT molecular complexity index is 279. The number of hydrogen-bond acceptors (Lipinski definition) is 1. The predicted molar refractivity (Wildman–Crippen MR) is 73.4 cm³/mol. The van der Waals surface area contributed by atoms with E-state index in [1.54, 1.807) is 0 Å². The Labute approximate surface area is 104 Å². The van der Waals surface area contributed by atoms with Crippen molar-refractivity contribution in [3.63, 3.8) is 0 Å². The van der Waals surface area contributed by atoms with Gasteiger partial charge in [-0.05, 0) is 42.9 Å². The summed E-state index contributed by atoms with van der Waals surface area (Å²) in [6.07, 6.45) is 3.48. The third-order valence-electron chi connectivity index (χ3n) is 2.62. The molecule has 0 aliphatic rings. The molecule has 0 amide bonds. The molecule has 1 aromatic carbocycles. The van der Waals surface area contributed by atoms with Crippen LogP contribution in [0.3, 0.4) is 0 Å². The fourth-order valence-electron chi connectivity index (χ4n) is 1.64. The van der Waals surface area contributed by atoms with Crippen LogP contribution in [0.15, 0.2) is 24.3 Å². The van der Waals surface area contributed by atoms with E-state index in [-0.39, 0.29) is 0 Å². The summed E-state index contributed by atoms with van der Waals surface area (Å²) in [5.74, 6) is 1.49. The van der Waals surface area contributed by atoms with Crippen LogP contribution in [-0.2, 0) is 6.42 Å². The van der Waals surface area contributed by atoms with Gasteiger partial charge in [-0.25, -0.2) is 0 Å². The molecule has 0 heterocycles. The molecule has 90 valence electrons. The van der Waals surface area contributed by atoms with E-state index in [1.165, 1.54) is 24.1 Å². The van der Waals surface area contributed by atoms with E-state index in [2.05, 4.69) is 43.4 Å². The van der Waals surface area contributed by atoms with Crippen LogP contribution in [0.5, 0.6) is 0 Å². The van der Waals surface area contributed by atoms with Gasteiger partial charge >= 0.3 is 0 Å². The average molecular weight is 240 g/mol. The molecular weight excluding hydrogens is 218 g/mol. The average Bonchev–Trinajstić information content (AvgIpc) is 2.27. The third kappa shape index (κ3) is 5.41. The molecule has 1 N–H and O–H groups in total. The highest BCUT2D eigenvalue weighted by atomic mass is 35.5. The number of nitrogens with one attached hydrogen (secondary N) is 1. The molecule has 0 aromatic heterocycles. The van der Waals surface area contributed by atoms with E-state index in [9.17, 15) is 0 Å². The molecule has 0 saturated heterocycles. The Morgan fingerprint density at radius 1 is 1.19 bits per heavy atom. The maximum atomic E-state index is 5.69. The summed E-state index contributed by atoms with van der Waals surface area (Å²) in [5, 5.41) is 3.44. The van der Waals surface area contributed by atoms with Crippen molar-refractivity contribution in [2.24, 2.45) is 5.92 Å². The first-order chi connectivity index (χ1) is 7.72. The molecule has 0 unspecified atom stereocenters. The molecular formula is C14H22ClN. The molecule has 1 aromatic rings. The highest BCUT2D eigenvalue weighted by Gasteiger charge is 1.96. The van der Waals surface area contributed by atoms with Gasteiger partial charge in [0, 0.05) is 18.1 Å². The summed E-state index contributed by atoms with van der Waals surface area (Å²) in [4.78, 5) is 0. The zero-order chi connectivity index (χ0) is 11.8. The van der Waals surface area contributed by atoms with Crippen LogP contribution in [0.4, 0.5) is 5.69 Å². The molecule has 0 saturated carbocycles. The van der Waals surface area contributed by atoms with Crippen LogP contribution in [0.25, 0.3) is 0 Å². The van der Waals surface area contributed by atoms with E-state index < -0.39 is 0 Å². The number of hydrogen-bond donors (Lipinski definition) is 1. The molecule has 0 fully saturated rings. The fourth-order valence-corrected chi connectivity index (χ4v) is 1.86. The van der Waals surface area contributed by atoms with E-state index in [0.29, 0.717) is 5.88 Å². The smallest absolute Gasteiger partial charge is 0.0340 e. The van der Waals surface area contributed by atoms with Gasteiger partial charge in [0.05, 0.1) is 0 Å². The minimum absolute atomic E-state index is 0.696. The second-order valence-electron chi connectivity index (χ2n) is 4.60. The molecule has 0 spiro atoms. The predicted octanol–water partition coefficient (Wildman–Crippen LogP) is 4.32. The van der Waals surface area contributed by atoms with Crippen LogP contribution >= 0.6 is 11.6 Å². The lowest BCUT2D eigenvalue weighted by molar-refractivity contribution is 0.567. The number of rotatable bonds is 7. The normalized spacial score (nSPS) is 10.8. The fraction of sp³-hybridized carbons (Fsp3) is 0.571. The monoisotopic (exact) mass is 239 g/mol. The minimum atomic E-state index is 0.696. The van der Waals surface area contributed by atoms with Crippen molar-refractivity contribution in [2.45, 2.75) is 33.1 Å². The Balaban J connectivity index is 2.26. The molecule has 1 nitrogen and oxygen atoms in total. The summed E-state index contributed by atoms with van der Waals surface area (Å²) in [5.41, 5.74) is 2.52. The maximum absolute atomic E-state index is 5.69. The Hall–Kier alpha value is -0.690. The highest BCUT2D eigenvalue weighted by molar-refractivity contribution is 6.17.